The van der Waals surface area contributed by atoms with Gasteiger partial charge in [0, 0.05) is 37.8 Å². The van der Waals surface area contributed by atoms with E-state index in [0.29, 0.717) is 5.75 Å². The highest BCUT2D eigenvalue weighted by molar-refractivity contribution is 7.99. The Hall–Kier alpha value is -0.950. The van der Waals surface area contributed by atoms with E-state index in [9.17, 15) is 4.79 Å². The normalized spacial score (nSPS) is 14.6. The van der Waals surface area contributed by atoms with E-state index < -0.39 is 0 Å². The molecule has 1 amide bonds. The molecule has 1 N–H and O–H groups in total. The lowest BCUT2D eigenvalue weighted by Gasteiger charge is -2.19. The van der Waals surface area contributed by atoms with Gasteiger partial charge in [0.05, 0.1) is 11.4 Å². The lowest BCUT2D eigenvalue weighted by Crippen LogP contribution is -2.35. The monoisotopic (exact) mass is 390 g/mol. The molecular weight excluding hydrogens is 367 g/mol. The highest BCUT2D eigenvalue weighted by Crippen LogP contribution is 2.14. The van der Waals surface area contributed by atoms with E-state index in [0.717, 1.165) is 49.7 Å². The van der Waals surface area contributed by atoms with Crippen molar-refractivity contribution in [1.82, 2.24) is 19.6 Å². The van der Waals surface area contributed by atoms with Gasteiger partial charge in [-0.2, -0.15) is 0 Å². The number of nitrogens with zero attached hydrogens (tertiary/aromatic N) is 3. The molecule has 1 saturated heterocycles. The number of halogens is 2. The molecule has 0 spiro atoms. The van der Waals surface area contributed by atoms with E-state index in [-0.39, 0.29) is 30.7 Å². The molecule has 0 radical (unpaired) electrons. The predicted octanol–water partition coefficient (Wildman–Crippen LogP) is 2.54. The van der Waals surface area contributed by atoms with Gasteiger partial charge < -0.3 is 14.6 Å². The van der Waals surface area contributed by atoms with E-state index in [1.54, 1.807) is 11.8 Å². The summed E-state index contributed by atoms with van der Waals surface area (Å²) in [5, 5.41) is 3.32. The largest absolute Gasteiger partial charge is 0.341 e. The molecule has 3 heterocycles. The molecule has 0 unspecified atom stereocenters. The zero-order chi connectivity index (χ0) is 15.4. The van der Waals surface area contributed by atoms with Crippen molar-refractivity contribution in [1.29, 1.82) is 0 Å². The van der Waals surface area contributed by atoms with Crippen molar-refractivity contribution in [2.75, 3.05) is 31.9 Å². The first kappa shape index (κ1) is 21.1. The Bertz CT molecular complexity index is 657. The molecule has 2 aromatic heterocycles. The summed E-state index contributed by atoms with van der Waals surface area (Å²) in [6, 6.07) is 4.09. The summed E-state index contributed by atoms with van der Waals surface area (Å²) < 4.78 is 2.05. The van der Waals surface area contributed by atoms with Gasteiger partial charge in [0.25, 0.3) is 0 Å². The van der Waals surface area contributed by atoms with Crippen LogP contribution in [0.5, 0.6) is 0 Å². The summed E-state index contributed by atoms with van der Waals surface area (Å²) in [5.74, 6) is 1.55. The van der Waals surface area contributed by atoms with Gasteiger partial charge in [-0.1, -0.05) is 6.07 Å². The number of hydrogen-bond donors (Lipinski definition) is 1. The average molecular weight is 391 g/mol. The first-order valence-corrected chi connectivity index (χ1v) is 8.88. The standard InChI is InChI=1S/C16H22N4OS.2ClH/c1-13-3-4-15-18-14(10-20(15)9-13)11-22-12-16(21)19-7-2-5-17-6-8-19;;/h3-4,9-10,17H,2,5-8,11-12H2,1H3;2*1H. The Balaban J connectivity index is 0.00000144. The maximum Gasteiger partial charge on any atom is 0.232 e. The topological polar surface area (TPSA) is 49.6 Å². The van der Waals surface area contributed by atoms with Crippen LogP contribution >= 0.6 is 36.6 Å². The van der Waals surface area contributed by atoms with Crippen LogP contribution in [0.15, 0.2) is 24.5 Å². The lowest BCUT2D eigenvalue weighted by molar-refractivity contribution is -0.128. The fraction of sp³-hybridized carbons (Fsp3) is 0.500. The number of carbonyl (C=O) groups excluding carboxylic acids is 1. The van der Waals surface area contributed by atoms with Crippen LogP contribution in [0.2, 0.25) is 0 Å². The first-order valence-electron chi connectivity index (χ1n) is 7.73. The molecule has 5 nitrogen and oxygen atoms in total. The molecule has 1 fully saturated rings. The second-order valence-corrected chi connectivity index (χ2v) is 6.67. The molecule has 2 aromatic rings. The second kappa shape index (κ2) is 10.1. The summed E-state index contributed by atoms with van der Waals surface area (Å²) in [5.41, 5.74) is 3.21. The Morgan fingerprint density at radius 1 is 1.25 bits per heavy atom. The number of carbonyl (C=O) groups is 1. The van der Waals surface area contributed by atoms with Gasteiger partial charge in [-0.3, -0.25) is 4.79 Å². The van der Waals surface area contributed by atoms with Gasteiger partial charge in [0.2, 0.25) is 5.91 Å². The smallest absolute Gasteiger partial charge is 0.232 e. The average Bonchev–Trinajstić information content (AvgIpc) is 2.72. The maximum absolute atomic E-state index is 12.2. The third kappa shape index (κ3) is 5.55. The molecule has 0 saturated carbocycles. The number of rotatable bonds is 4. The minimum absolute atomic E-state index is 0. The predicted molar refractivity (Wildman–Crippen MR) is 105 cm³/mol. The quantitative estimate of drug-likeness (QED) is 0.871. The van der Waals surface area contributed by atoms with Crippen molar-refractivity contribution in [2.45, 2.75) is 19.1 Å². The minimum atomic E-state index is 0. The summed E-state index contributed by atoms with van der Waals surface area (Å²) in [6.45, 7) is 5.69. The van der Waals surface area contributed by atoms with E-state index in [4.69, 9.17) is 0 Å². The zero-order valence-electron chi connectivity index (χ0n) is 13.7. The molecule has 24 heavy (non-hydrogen) atoms. The van der Waals surface area contributed by atoms with Crippen LogP contribution in [0, 0.1) is 6.92 Å². The van der Waals surface area contributed by atoms with Crippen molar-refractivity contribution < 1.29 is 4.79 Å². The van der Waals surface area contributed by atoms with Crippen LogP contribution in [0.3, 0.4) is 0 Å². The number of nitrogens with one attached hydrogen (secondary N) is 1. The fourth-order valence-corrected chi connectivity index (χ4v) is 3.46. The molecule has 0 aromatic carbocycles. The second-order valence-electron chi connectivity index (χ2n) is 5.68. The van der Waals surface area contributed by atoms with Crippen molar-refractivity contribution in [3.63, 3.8) is 0 Å². The van der Waals surface area contributed by atoms with Crippen molar-refractivity contribution in [3.05, 3.63) is 35.8 Å². The van der Waals surface area contributed by atoms with Crippen molar-refractivity contribution in [3.8, 4) is 0 Å². The van der Waals surface area contributed by atoms with Gasteiger partial charge >= 0.3 is 0 Å². The molecule has 0 atom stereocenters. The van der Waals surface area contributed by atoms with Crippen LogP contribution in [-0.4, -0.2) is 52.1 Å². The van der Waals surface area contributed by atoms with Crippen LogP contribution < -0.4 is 5.32 Å². The summed E-state index contributed by atoms with van der Waals surface area (Å²) in [7, 11) is 0. The summed E-state index contributed by atoms with van der Waals surface area (Å²) >= 11 is 1.65. The van der Waals surface area contributed by atoms with E-state index in [1.165, 1.54) is 5.56 Å². The third-order valence-electron chi connectivity index (χ3n) is 3.82. The number of imidazole rings is 1. The van der Waals surface area contributed by atoms with E-state index in [1.807, 2.05) is 15.4 Å². The number of fused-ring (bicyclic) bond motifs is 1. The van der Waals surface area contributed by atoms with Gasteiger partial charge in [-0.05, 0) is 31.5 Å². The molecule has 1 aliphatic heterocycles. The van der Waals surface area contributed by atoms with Crippen LogP contribution in [0.1, 0.15) is 17.7 Å². The van der Waals surface area contributed by atoms with Crippen molar-refractivity contribution >= 4 is 48.1 Å². The summed E-state index contributed by atoms with van der Waals surface area (Å²) in [4.78, 5) is 18.8. The third-order valence-corrected chi connectivity index (χ3v) is 4.77. The molecule has 3 rings (SSSR count). The Morgan fingerprint density at radius 3 is 2.92 bits per heavy atom. The van der Waals surface area contributed by atoms with Gasteiger partial charge in [-0.15, -0.1) is 36.6 Å². The van der Waals surface area contributed by atoms with Crippen LogP contribution in [0.25, 0.3) is 5.65 Å². The lowest BCUT2D eigenvalue weighted by atomic mass is 10.3. The number of thioether (sulfide) groups is 1. The van der Waals surface area contributed by atoms with E-state index in [2.05, 4.69) is 35.7 Å². The SMILES string of the molecule is Cc1ccc2nc(CSCC(=O)N3CCCNCC3)cn2c1.Cl.Cl. The molecule has 8 heteroatoms. The van der Waals surface area contributed by atoms with Gasteiger partial charge in [0.1, 0.15) is 5.65 Å². The Morgan fingerprint density at radius 2 is 2.08 bits per heavy atom. The molecule has 0 aliphatic carbocycles. The molecule has 134 valence electrons. The van der Waals surface area contributed by atoms with Gasteiger partial charge in [0.15, 0.2) is 0 Å². The fourth-order valence-electron chi connectivity index (χ4n) is 2.65. The first-order chi connectivity index (χ1) is 10.7. The van der Waals surface area contributed by atoms with Crippen LogP contribution in [0.4, 0.5) is 0 Å². The number of amides is 1. The number of aromatic nitrogens is 2. The molecule has 0 bridgehead atoms. The number of pyridine rings is 1. The molecule has 1 aliphatic rings. The summed E-state index contributed by atoms with van der Waals surface area (Å²) in [6.07, 6.45) is 5.17. The van der Waals surface area contributed by atoms with E-state index >= 15 is 0 Å². The zero-order valence-corrected chi connectivity index (χ0v) is 16.2. The highest BCUT2D eigenvalue weighted by Gasteiger charge is 2.15. The maximum atomic E-state index is 12.2. The number of aryl methyl sites for hydroxylation is 1. The number of hydrogen-bond acceptors (Lipinski definition) is 4. The van der Waals surface area contributed by atoms with Gasteiger partial charge in [-0.25, -0.2) is 4.98 Å². The molecular formula is C16H24Cl2N4OS. The van der Waals surface area contributed by atoms with Crippen molar-refractivity contribution in [2.24, 2.45) is 0 Å². The Labute approximate surface area is 159 Å². The Kier molecular flexibility index (Phi) is 8.91. The highest BCUT2D eigenvalue weighted by atomic mass is 35.5. The minimum Gasteiger partial charge on any atom is -0.341 e. The van der Waals surface area contributed by atoms with Crippen LogP contribution in [-0.2, 0) is 10.5 Å².